The van der Waals surface area contributed by atoms with Crippen molar-refractivity contribution in [3.63, 3.8) is 0 Å². The fourth-order valence-corrected chi connectivity index (χ4v) is 2.68. The maximum absolute atomic E-state index is 12.7. The van der Waals surface area contributed by atoms with Crippen molar-refractivity contribution in [2.45, 2.75) is 46.1 Å². The highest BCUT2D eigenvalue weighted by Gasteiger charge is 2.20. The molecule has 0 aliphatic heterocycles. The maximum atomic E-state index is 12.7. The first-order chi connectivity index (χ1) is 11.0. The number of nitrogens with zero attached hydrogens (tertiary/aromatic N) is 3. The monoisotopic (exact) mass is 314 g/mol. The fourth-order valence-electron chi connectivity index (χ4n) is 2.68. The number of pyridine rings is 1. The Balaban J connectivity index is 2.17. The van der Waals surface area contributed by atoms with Crippen LogP contribution in [0.5, 0.6) is 0 Å². The Labute approximate surface area is 138 Å². The van der Waals surface area contributed by atoms with Crippen molar-refractivity contribution in [3.05, 3.63) is 47.5 Å². The van der Waals surface area contributed by atoms with E-state index in [1.807, 2.05) is 31.4 Å². The van der Waals surface area contributed by atoms with E-state index < -0.39 is 0 Å². The first-order valence-corrected chi connectivity index (χ1v) is 8.25. The summed E-state index contributed by atoms with van der Waals surface area (Å²) in [6.07, 6.45) is 6.34. The summed E-state index contributed by atoms with van der Waals surface area (Å²) in [5, 5.41) is 7.54. The summed E-state index contributed by atoms with van der Waals surface area (Å²) < 4.78 is 1.66. The van der Waals surface area contributed by atoms with Crippen LogP contribution in [0.25, 0.3) is 0 Å². The minimum absolute atomic E-state index is 0.0410. The second-order valence-corrected chi connectivity index (χ2v) is 6.34. The molecule has 0 radical (unpaired) electrons. The summed E-state index contributed by atoms with van der Waals surface area (Å²) >= 11 is 0. The fraction of sp³-hybridized carbons (Fsp3) is 0.500. The number of aromatic nitrogens is 3. The molecule has 0 saturated carbocycles. The van der Waals surface area contributed by atoms with Gasteiger partial charge in [-0.05, 0) is 36.5 Å². The predicted molar refractivity (Wildman–Crippen MR) is 91.1 cm³/mol. The molecule has 0 bridgehead atoms. The number of hydrogen-bond acceptors (Lipinski definition) is 3. The number of nitrogens with one attached hydrogen (secondary N) is 1. The molecule has 5 heteroatoms. The smallest absolute Gasteiger partial charge is 0.270 e. The van der Waals surface area contributed by atoms with Gasteiger partial charge in [0.25, 0.3) is 5.91 Å². The van der Waals surface area contributed by atoms with Gasteiger partial charge in [0.15, 0.2) is 0 Å². The van der Waals surface area contributed by atoms with E-state index in [4.69, 9.17) is 0 Å². The molecule has 2 rings (SSSR count). The van der Waals surface area contributed by atoms with Gasteiger partial charge in [-0.1, -0.05) is 33.3 Å². The summed E-state index contributed by atoms with van der Waals surface area (Å²) in [5.41, 5.74) is 2.60. The van der Waals surface area contributed by atoms with E-state index >= 15 is 0 Å². The molecule has 1 amide bonds. The van der Waals surface area contributed by atoms with Gasteiger partial charge in [-0.2, -0.15) is 5.10 Å². The molecular weight excluding hydrogens is 288 g/mol. The van der Waals surface area contributed by atoms with Crippen molar-refractivity contribution >= 4 is 5.91 Å². The summed E-state index contributed by atoms with van der Waals surface area (Å²) in [5.74, 6) is 0.388. The third-order valence-corrected chi connectivity index (χ3v) is 3.77. The van der Waals surface area contributed by atoms with Gasteiger partial charge in [0.1, 0.15) is 5.69 Å². The highest BCUT2D eigenvalue weighted by atomic mass is 16.2. The van der Waals surface area contributed by atoms with Gasteiger partial charge < -0.3 is 5.32 Å². The molecule has 5 nitrogen and oxygen atoms in total. The van der Waals surface area contributed by atoms with Crippen LogP contribution in [0.15, 0.2) is 30.6 Å². The lowest BCUT2D eigenvalue weighted by atomic mass is 9.98. The molecule has 0 fully saturated rings. The lowest BCUT2D eigenvalue weighted by molar-refractivity contribution is 0.0922. The van der Waals surface area contributed by atoms with Gasteiger partial charge in [-0.15, -0.1) is 0 Å². The number of hydrogen-bond donors (Lipinski definition) is 1. The van der Waals surface area contributed by atoms with E-state index in [9.17, 15) is 4.79 Å². The minimum Gasteiger partial charge on any atom is -0.344 e. The molecule has 1 atom stereocenters. The van der Waals surface area contributed by atoms with Crippen LogP contribution in [-0.4, -0.2) is 20.7 Å². The van der Waals surface area contributed by atoms with E-state index in [0.29, 0.717) is 11.6 Å². The third-order valence-electron chi connectivity index (χ3n) is 3.77. The van der Waals surface area contributed by atoms with Gasteiger partial charge in [0, 0.05) is 19.4 Å². The van der Waals surface area contributed by atoms with E-state index in [1.54, 1.807) is 10.9 Å². The Morgan fingerprint density at radius 3 is 2.78 bits per heavy atom. The molecular formula is C18H26N4O. The van der Waals surface area contributed by atoms with Crippen molar-refractivity contribution in [2.75, 3.05) is 0 Å². The van der Waals surface area contributed by atoms with Crippen molar-refractivity contribution in [3.8, 4) is 0 Å². The topological polar surface area (TPSA) is 59.8 Å². The maximum Gasteiger partial charge on any atom is 0.270 e. The third kappa shape index (κ3) is 4.65. The molecule has 0 saturated heterocycles. The molecule has 23 heavy (non-hydrogen) atoms. The average molecular weight is 314 g/mol. The standard InChI is InChI=1S/C18H26N4O/c1-5-7-15-11-17(22(4)21-15)18(23)20-16(10-13(2)3)14-8-6-9-19-12-14/h6,8-9,11-13,16H,5,7,10H2,1-4H3,(H,20,23). The molecule has 2 aromatic heterocycles. The van der Waals surface area contributed by atoms with E-state index in [1.165, 1.54) is 0 Å². The second-order valence-electron chi connectivity index (χ2n) is 6.34. The summed E-state index contributed by atoms with van der Waals surface area (Å²) in [4.78, 5) is 16.8. The largest absolute Gasteiger partial charge is 0.344 e. The zero-order valence-corrected chi connectivity index (χ0v) is 14.4. The van der Waals surface area contributed by atoms with Gasteiger partial charge >= 0.3 is 0 Å². The van der Waals surface area contributed by atoms with Crippen LogP contribution < -0.4 is 5.32 Å². The van der Waals surface area contributed by atoms with Crippen LogP contribution >= 0.6 is 0 Å². The Morgan fingerprint density at radius 1 is 1.39 bits per heavy atom. The van der Waals surface area contributed by atoms with Crippen molar-refractivity contribution in [1.29, 1.82) is 0 Å². The van der Waals surface area contributed by atoms with Crippen LogP contribution in [0, 0.1) is 5.92 Å². The van der Waals surface area contributed by atoms with Gasteiger partial charge in [-0.3, -0.25) is 14.5 Å². The Hall–Kier alpha value is -2.17. The van der Waals surface area contributed by atoms with Crippen LogP contribution in [0.3, 0.4) is 0 Å². The number of carbonyl (C=O) groups is 1. The molecule has 0 spiro atoms. The van der Waals surface area contributed by atoms with Crippen LogP contribution in [0.4, 0.5) is 0 Å². The summed E-state index contributed by atoms with van der Waals surface area (Å²) in [7, 11) is 1.82. The molecule has 124 valence electrons. The van der Waals surface area contributed by atoms with Crippen LogP contribution in [0.1, 0.15) is 61.4 Å². The van der Waals surface area contributed by atoms with Crippen LogP contribution in [0.2, 0.25) is 0 Å². The quantitative estimate of drug-likeness (QED) is 0.853. The van der Waals surface area contributed by atoms with E-state index in [-0.39, 0.29) is 11.9 Å². The zero-order valence-electron chi connectivity index (χ0n) is 14.4. The first kappa shape index (κ1) is 17.2. The lowest BCUT2D eigenvalue weighted by Crippen LogP contribution is -2.31. The first-order valence-electron chi connectivity index (χ1n) is 8.25. The number of amides is 1. The Kier molecular flexibility index (Phi) is 5.90. The van der Waals surface area contributed by atoms with Crippen molar-refractivity contribution in [1.82, 2.24) is 20.1 Å². The zero-order chi connectivity index (χ0) is 16.8. The molecule has 2 aromatic rings. The molecule has 1 N–H and O–H groups in total. The van der Waals surface area contributed by atoms with Gasteiger partial charge in [-0.25, -0.2) is 0 Å². The van der Waals surface area contributed by atoms with Crippen molar-refractivity contribution < 1.29 is 4.79 Å². The number of rotatable bonds is 7. The number of carbonyl (C=O) groups excluding carboxylic acids is 1. The molecule has 0 aromatic carbocycles. The number of aryl methyl sites for hydroxylation is 2. The Morgan fingerprint density at radius 2 is 2.17 bits per heavy atom. The minimum atomic E-state index is -0.0862. The Bertz CT molecular complexity index is 634. The highest BCUT2D eigenvalue weighted by molar-refractivity contribution is 5.92. The molecule has 2 heterocycles. The SMILES string of the molecule is CCCc1cc(C(=O)NC(CC(C)C)c2cccnc2)n(C)n1. The van der Waals surface area contributed by atoms with E-state index in [2.05, 4.69) is 36.2 Å². The van der Waals surface area contributed by atoms with Gasteiger partial charge in [0.05, 0.1) is 11.7 Å². The van der Waals surface area contributed by atoms with Gasteiger partial charge in [0.2, 0.25) is 0 Å². The summed E-state index contributed by atoms with van der Waals surface area (Å²) in [6, 6.07) is 5.75. The van der Waals surface area contributed by atoms with Crippen LogP contribution in [-0.2, 0) is 13.5 Å². The molecule has 0 aliphatic rings. The summed E-state index contributed by atoms with van der Waals surface area (Å²) in [6.45, 7) is 6.41. The molecule has 0 aliphatic carbocycles. The lowest BCUT2D eigenvalue weighted by Gasteiger charge is -2.20. The average Bonchev–Trinajstić information content (AvgIpc) is 2.88. The normalized spacial score (nSPS) is 12.4. The predicted octanol–water partition coefficient (Wildman–Crippen LogP) is 3.28. The highest BCUT2D eigenvalue weighted by Crippen LogP contribution is 2.21. The second kappa shape index (κ2) is 7.90. The van der Waals surface area contributed by atoms with E-state index in [0.717, 1.165) is 30.5 Å². The molecule has 1 unspecified atom stereocenters. The van der Waals surface area contributed by atoms with Crippen molar-refractivity contribution in [2.24, 2.45) is 13.0 Å².